The van der Waals surface area contributed by atoms with Crippen molar-refractivity contribution in [2.24, 2.45) is 0 Å². The van der Waals surface area contributed by atoms with Crippen LogP contribution in [0.4, 0.5) is 20.6 Å². The van der Waals surface area contributed by atoms with Gasteiger partial charge in [0.1, 0.15) is 5.82 Å². The third kappa shape index (κ3) is 3.64. The number of carbonyl (C=O) groups is 1. The standard InChI is InChI=1S/C13H19FN4O4S/c1-17-11-4-3-10(14)9-12(11)18(23(17,20)21)7-5-15-13(19)16-6-8-22-2/h3-4,9H,5-8H2,1-2H3,(H2,15,16,19). The van der Waals surface area contributed by atoms with E-state index in [4.69, 9.17) is 4.74 Å². The molecule has 0 aromatic heterocycles. The van der Waals surface area contributed by atoms with Crippen molar-refractivity contribution in [2.75, 3.05) is 49.0 Å². The first-order valence-electron chi connectivity index (χ1n) is 6.94. The molecule has 1 aliphatic heterocycles. The summed E-state index contributed by atoms with van der Waals surface area (Å²) < 4.78 is 45.0. The average Bonchev–Trinajstić information content (AvgIpc) is 2.68. The lowest BCUT2D eigenvalue weighted by atomic mass is 10.2. The highest BCUT2D eigenvalue weighted by Crippen LogP contribution is 2.39. The molecule has 0 saturated carbocycles. The van der Waals surface area contributed by atoms with Gasteiger partial charge in [-0.15, -0.1) is 0 Å². The predicted octanol–water partition coefficient (Wildman–Crippen LogP) is 0.272. The Balaban J connectivity index is 2.00. The van der Waals surface area contributed by atoms with Crippen molar-refractivity contribution in [3.8, 4) is 0 Å². The Kier molecular flexibility index (Phi) is 5.26. The molecule has 1 aliphatic rings. The first kappa shape index (κ1) is 17.3. The Labute approximate surface area is 134 Å². The molecular formula is C13H19FN4O4S. The van der Waals surface area contributed by atoms with Crippen LogP contribution in [0.3, 0.4) is 0 Å². The normalized spacial score (nSPS) is 15.4. The maximum absolute atomic E-state index is 13.4. The van der Waals surface area contributed by atoms with Gasteiger partial charge in [0.15, 0.2) is 0 Å². The van der Waals surface area contributed by atoms with Gasteiger partial charge in [0.2, 0.25) is 0 Å². The Morgan fingerprint density at radius 3 is 2.65 bits per heavy atom. The summed E-state index contributed by atoms with van der Waals surface area (Å²) in [5, 5.41) is 5.10. The first-order chi connectivity index (χ1) is 10.9. The maximum Gasteiger partial charge on any atom is 0.326 e. The number of ether oxygens (including phenoxy) is 1. The molecule has 1 aromatic carbocycles. The molecule has 0 saturated heterocycles. The van der Waals surface area contributed by atoms with E-state index in [0.29, 0.717) is 18.8 Å². The molecule has 2 rings (SSSR count). The second-order valence-electron chi connectivity index (χ2n) is 4.86. The quantitative estimate of drug-likeness (QED) is 0.724. The Morgan fingerprint density at radius 1 is 1.26 bits per heavy atom. The van der Waals surface area contributed by atoms with Gasteiger partial charge in [-0.3, -0.25) is 4.31 Å². The number of methoxy groups -OCH3 is 1. The topological polar surface area (TPSA) is 91.0 Å². The van der Waals surface area contributed by atoms with Crippen LogP contribution in [0.25, 0.3) is 0 Å². The second kappa shape index (κ2) is 7.01. The van der Waals surface area contributed by atoms with E-state index in [-0.39, 0.29) is 18.8 Å². The van der Waals surface area contributed by atoms with Crippen LogP contribution in [0.15, 0.2) is 18.2 Å². The number of nitrogens with zero attached hydrogens (tertiary/aromatic N) is 2. The Bertz CT molecular complexity index is 683. The number of benzene rings is 1. The van der Waals surface area contributed by atoms with Gasteiger partial charge >= 0.3 is 16.2 Å². The number of halogens is 1. The number of anilines is 2. The average molecular weight is 346 g/mol. The van der Waals surface area contributed by atoms with E-state index in [9.17, 15) is 17.6 Å². The van der Waals surface area contributed by atoms with Gasteiger partial charge in [0.25, 0.3) is 0 Å². The number of carbonyl (C=O) groups excluding carboxylic acids is 1. The lowest BCUT2D eigenvalue weighted by Crippen LogP contribution is -2.43. The SMILES string of the molecule is COCCNC(=O)NCCN1c2cc(F)ccc2N(C)S1(=O)=O. The molecule has 0 aliphatic carbocycles. The lowest BCUT2D eigenvalue weighted by molar-refractivity contribution is 0.196. The summed E-state index contributed by atoms with van der Waals surface area (Å²) in [7, 11) is -0.834. The molecule has 128 valence electrons. The van der Waals surface area contributed by atoms with E-state index in [1.807, 2.05) is 0 Å². The van der Waals surface area contributed by atoms with Crippen LogP contribution in [0, 0.1) is 5.82 Å². The number of amides is 2. The van der Waals surface area contributed by atoms with Crippen LogP contribution < -0.4 is 19.2 Å². The molecule has 23 heavy (non-hydrogen) atoms. The molecule has 2 N–H and O–H groups in total. The fraction of sp³-hybridized carbons (Fsp3) is 0.462. The van der Waals surface area contributed by atoms with Gasteiger partial charge in [-0.25, -0.2) is 13.5 Å². The second-order valence-corrected chi connectivity index (χ2v) is 6.74. The number of rotatable bonds is 6. The maximum atomic E-state index is 13.4. The number of nitrogens with one attached hydrogen (secondary N) is 2. The summed E-state index contributed by atoms with van der Waals surface area (Å²) in [5.41, 5.74) is 0.657. The largest absolute Gasteiger partial charge is 0.383 e. The van der Waals surface area contributed by atoms with Crippen molar-refractivity contribution in [1.82, 2.24) is 10.6 Å². The Morgan fingerprint density at radius 2 is 1.96 bits per heavy atom. The summed E-state index contributed by atoms with van der Waals surface area (Å²) in [4.78, 5) is 11.5. The highest BCUT2D eigenvalue weighted by molar-refractivity contribution is 7.94. The highest BCUT2D eigenvalue weighted by Gasteiger charge is 2.37. The number of hydrogen-bond acceptors (Lipinski definition) is 4. The minimum absolute atomic E-state index is 0.000818. The molecule has 0 bridgehead atoms. The molecule has 10 heteroatoms. The molecule has 8 nitrogen and oxygen atoms in total. The van der Waals surface area contributed by atoms with Gasteiger partial charge in [0, 0.05) is 33.3 Å². The third-order valence-electron chi connectivity index (χ3n) is 3.36. The third-order valence-corrected chi connectivity index (χ3v) is 5.19. The summed E-state index contributed by atoms with van der Waals surface area (Å²) >= 11 is 0. The molecule has 0 fully saturated rings. The predicted molar refractivity (Wildman–Crippen MR) is 84.3 cm³/mol. The summed E-state index contributed by atoms with van der Waals surface area (Å²) in [6.07, 6.45) is 0. The highest BCUT2D eigenvalue weighted by atomic mass is 32.2. The number of fused-ring (bicyclic) bond motifs is 1. The van der Waals surface area contributed by atoms with E-state index in [1.165, 1.54) is 26.3 Å². The van der Waals surface area contributed by atoms with Gasteiger partial charge < -0.3 is 15.4 Å². The molecule has 2 amide bonds. The molecule has 0 spiro atoms. The molecular weight excluding hydrogens is 327 g/mol. The van der Waals surface area contributed by atoms with Crippen LogP contribution in [-0.2, 0) is 14.9 Å². The van der Waals surface area contributed by atoms with E-state index < -0.39 is 22.1 Å². The summed E-state index contributed by atoms with van der Waals surface area (Å²) in [5.74, 6) is -0.524. The minimum atomic E-state index is -3.75. The van der Waals surface area contributed by atoms with Gasteiger partial charge in [-0.1, -0.05) is 0 Å². The Hall–Kier alpha value is -2.07. The summed E-state index contributed by atoms with van der Waals surface area (Å²) in [6.45, 7) is 0.815. The molecule has 1 aromatic rings. The molecule has 1 heterocycles. The van der Waals surface area contributed by atoms with Gasteiger partial charge in [-0.2, -0.15) is 8.42 Å². The van der Waals surface area contributed by atoms with Crippen LogP contribution in [0.2, 0.25) is 0 Å². The minimum Gasteiger partial charge on any atom is -0.383 e. The number of urea groups is 1. The first-order valence-corrected chi connectivity index (χ1v) is 8.34. The van der Waals surface area contributed by atoms with Crippen molar-refractivity contribution in [2.45, 2.75) is 0 Å². The molecule has 0 atom stereocenters. The molecule has 0 unspecified atom stereocenters. The molecule has 0 radical (unpaired) electrons. The van der Waals surface area contributed by atoms with Crippen LogP contribution in [0.1, 0.15) is 0 Å². The van der Waals surface area contributed by atoms with Crippen molar-refractivity contribution >= 4 is 27.6 Å². The smallest absolute Gasteiger partial charge is 0.326 e. The van der Waals surface area contributed by atoms with Crippen LogP contribution >= 0.6 is 0 Å². The zero-order valence-electron chi connectivity index (χ0n) is 12.9. The summed E-state index contributed by atoms with van der Waals surface area (Å²) in [6, 6.07) is 3.35. The van der Waals surface area contributed by atoms with Crippen molar-refractivity contribution in [3.05, 3.63) is 24.0 Å². The van der Waals surface area contributed by atoms with E-state index in [1.54, 1.807) is 0 Å². The van der Waals surface area contributed by atoms with E-state index >= 15 is 0 Å². The zero-order valence-corrected chi connectivity index (χ0v) is 13.7. The van der Waals surface area contributed by atoms with E-state index in [0.717, 1.165) is 14.7 Å². The van der Waals surface area contributed by atoms with Gasteiger partial charge in [0.05, 0.1) is 24.5 Å². The van der Waals surface area contributed by atoms with Crippen LogP contribution in [-0.4, -0.2) is 54.8 Å². The van der Waals surface area contributed by atoms with Crippen molar-refractivity contribution < 1.29 is 22.3 Å². The van der Waals surface area contributed by atoms with Crippen LogP contribution in [0.5, 0.6) is 0 Å². The fourth-order valence-electron chi connectivity index (χ4n) is 2.19. The zero-order chi connectivity index (χ0) is 17.0. The fourth-order valence-corrected chi connectivity index (χ4v) is 3.61. The monoisotopic (exact) mass is 346 g/mol. The number of hydrogen-bond donors (Lipinski definition) is 2. The lowest BCUT2D eigenvalue weighted by Gasteiger charge is -2.19. The van der Waals surface area contributed by atoms with E-state index in [2.05, 4.69) is 10.6 Å². The van der Waals surface area contributed by atoms with Crippen molar-refractivity contribution in [1.29, 1.82) is 0 Å². The van der Waals surface area contributed by atoms with Gasteiger partial charge in [-0.05, 0) is 12.1 Å². The van der Waals surface area contributed by atoms with Crippen molar-refractivity contribution in [3.63, 3.8) is 0 Å².